The van der Waals surface area contributed by atoms with E-state index < -0.39 is 0 Å². The van der Waals surface area contributed by atoms with Crippen molar-refractivity contribution in [1.82, 2.24) is 9.80 Å². The standard InChI is InChI=1S/C29H40N2O3/c1-20(2)16-31(17-24-14-23(5)28-27(15-24)33-11-6-12-34-28)29(32)25-9-10-30(18-25)19-26-13-21(3)7-8-22(26)4/h7-8,13-15,20,25H,6,9-12,16-19H2,1-5H3. The van der Waals surface area contributed by atoms with Crippen molar-refractivity contribution in [2.75, 3.05) is 32.8 Å². The Morgan fingerprint density at radius 1 is 1.09 bits per heavy atom. The summed E-state index contributed by atoms with van der Waals surface area (Å²) >= 11 is 0. The Hall–Kier alpha value is -2.53. The van der Waals surface area contributed by atoms with Gasteiger partial charge in [-0.15, -0.1) is 0 Å². The Labute approximate surface area is 205 Å². The summed E-state index contributed by atoms with van der Waals surface area (Å²) in [7, 11) is 0. The van der Waals surface area contributed by atoms with Crippen molar-refractivity contribution >= 4 is 5.91 Å². The molecule has 1 atom stereocenters. The first kappa shape index (κ1) is 24.6. The van der Waals surface area contributed by atoms with Gasteiger partial charge in [-0.2, -0.15) is 0 Å². The molecule has 1 unspecified atom stereocenters. The van der Waals surface area contributed by atoms with Gasteiger partial charge in [-0.25, -0.2) is 0 Å². The fourth-order valence-electron chi connectivity index (χ4n) is 5.15. The lowest BCUT2D eigenvalue weighted by molar-refractivity contribution is -0.136. The molecule has 5 heteroatoms. The number of benzene rings is 2. The fraction of sp³-hybridized carbons (Fsp3) is 0.552. The van der Waals surface area contributed by atoms with Crippen molar-refractivity contribution in [1.29, 1.82) is 0 Å². The summed E-state index contributed by atoms with van der Waals surface area (Å²) in [5.74, 6) is 2.41. The predicted molar refractivity (Wildman–Crippen MR) is 136 cm³/mol. The molecule has 2 aliphatic heterocycles. The average Bonchev–Trinajstić information content (AvgIpc) is 3.11. The quantitative estimate of drug-likeness (QED) is 0.559. The summed E-state index contributed by atoms with van der Waals surface area (Å²) in [5, 5.41) is 0. The minimum Gasteiger partial charge on any atom is -0.490 e. The van der Waals surface area contributed by atoms with Gasteiger partial charge in [-0.3, -0.25) is 9.69 Å². The molecule has 34 heavy (non-hydrogen) atoms. The van der Waals surface area contributed by atoms with Crippen LogP contribution < -0.4 is 9.47 Å². The van der Waals surface area contributed by atoms with E-state index in [0.29, 0.717) is 25.7 Å². The molecule has 0 N–H and O–H groups in total. The Morgan fingerprint density at radius 2 is 1.88 bits per heavy atom. The Balaban J connectivity index is 1.45. The van der Waals surface area contributed by atoms with Crippen LogP contribution in [0.2, 0.25) is 0 Å². The first-order chi connectivity index (χ1) is 16.3. The van der Waals surface area contributed by atoms with E-state index in [1.807, 2.05) is 0 Å². The Bertz CT molecular complexity index is 1020. The van der Waals surface area contributed by atoms with Crippen LogP contribution in [0.3, 0.4) is 0 Å². The third kappa shape index (κ3) is 5.93. The van der Waals surface area contributed by atoms with Crippen LogP contribution in [0.15, 0.2) is 30.3 Å². The molecule has 184 valence electrons. The summed E-state index contributed by atoms with van der Waals surface area (Å²) in [6.45, 7) is 16.2. The predicted octanol–water partition coefficient (Wildman–Crippen LogP) is 5.28. The lowest BCUT2D eigenvalue weighted by Crippen LogP contribution is -2.39. The van der Waals surface area contributed by atoms with Gasteiger partial charge in [0.1, 0.15) is 0 Å². The van der Waals surface area contributed by atoms with E-state index in [2.05, 4.69) is 74.8 Å². The summed E-state index contributed by atoms with van der Waals surface area (Å²) in [5.41, 5.74) is 6.18. The number of amides is 1. The molecule has 0 aliphatic carbocycles. The topological polar surface area (TPSA) is 42.0 Å². The van der Waals surface area contributed by atoms with Crippen molar-refractivity contribution in [3.8, 4) is 11.5 Å². The van der Waals surface area contributed by atoms with Crippen LogP contribution in [-0.4, -0.2) is 48.6 Å². The minimum absolute atomic E-state index is 0.0605. The van der Waals surface area contributed by atoms with E-state index in [4.69, 9.17) is 9.47 Å². The molecule has 2 heterocycles. The molecule has 4 rings (SSSR count). The van der Waals surface area contributed by atoms with E-state index in [0.717, 1.165) is 61.6 Å². The first-order valence-electron chi connectivity index (χ1n) is 12.8. The Kier molecular flexibility index (Phi) is 7.82. The summed E-state index contributed by atoms with van der Waals surface area (Å²) in [6, 6.07) is 10.9. The highest BCUT2D eigenvalue weighted by molar-refractivity contribution is 5.79. The molecule has 0 saturated carbocycles. The van der Waals surface area contributed by atoms with Gasteiger partial charge in [0.2, 0.25) is 5.91 Å². The molecule has 1 saturated heterocycles. The van der Waals surface area contributed by atoms with Gasteiger partial charge in [-0.1, -0.05) is 43.7 Å². The molecule has 1 fully saturated rings. The highest BCUT2D eigenvalue weighted by Crippen LogP contribution is 2.35. The van der Waals surface area contributed by atoms with Crippen molar-refractivity contribution in [3.05, 3.63) is 58.1 Å². The van der Waals surface area contributed by atoms with Gasteiger partial charge in [0.15, 0.2) is 11.5 Å². The van der Waals surface area contributed by atoms with Gasteiger partial charge in [-0.05, 0) is 68.0 Å². The number of rotatable bonds is 7. The lowest BCUT2D eigenvalue weighted by atomic mass is 10.0. The number of hydrogen-bond donors (Lipinski definition) is 0. The van der Waals surface area contributed by atoms with Crippen LogP contribution in [0, 0.1) is 32.6 Å². The maximum Gasteiger partial charge on any atom is 0.227 e. The van der Waals surface area contributed by atoms with E-state index >= 15 is 0 Å². The normalized spacial score (nSPS) is 18.2. The highest BCUT2D eigenvalue weighted by atomic mass is 16.5. The molecule has 1 amide bonds. The number of aryl methyl sites for hydroxylation is 3. The number of ether oxygens (including phenoxy) is 2. The average molecular weight is 465 g/mol. The minimum atomic E-state index is 0.0605. The number of carbonyl (C=O) groups is 1. The molecule has 5 nitrogen and oxygen atoms in total. The van der Waals surface area contributed by atoms with Gasteiger partial charge in [0, 0.05) is 32.6 Å². The van der Waals surface area contributed by atoms with Crippen LogP contribution in [0.5, 0.6) is 11.5 Å². The van der Waals surface area contributed by atoms with Crippen LogP contribution in [0.25, 0.3) is 0 Å². The van der Waals surface area contributed by atoms with E-state index in [9.17, 15) is 4.79 Å². The monoisotopic (exact) mass is 464 g/mol. The van der Waals surface area contributed by atoms with Crippen molar-refractivity contribution < 1.29 is 14.3 Å². The van der Waals surface area contributed by atoms with Crippen LogP contribution in [0.4, 0.5) is 0 Å². The smallest absolute Gasteiger partial charge is 0.227 e. The molecule has 0 spiro atoms. The van der Waals surface area contributed by atoms with Gasteiger partial charge >= 0.3 is 0 Å². The third-order valence-corrected chi connectivity index (χ3v) is 6.88. The molecule has 2 aromatic carbocycles. The summed E-state index contributed by atoms with van der Waals surface area (Å²) in [4.78, 5) is 18.2. The first-order valence-corrected chi connectivity index (χ1v) is 12.8. The van der Waals surface area contributed by atoms with E-state index in [1.54, 1.807) is 0 Å². The SMILES string of the molecule is Cc1ccc(C)c(CN2CCC(C(=O)N(Cc3cc(C)c4c(c3)OCCCO4)CC(C)C)C2)c1. The molecule has 0 radical (unpaired) electrons. The van der Waals surface area contributed by atoms with Crippen molar-refractivity contribution in [2.45, 2.75) is 60.5 Å². The molecule has 2 aliphatic rings. The number of fused-ring (bicyclic) bond motifs is 1. The lowest BCUT2D eigenvalue weighted by Gasteiger charge is -2.28. The maximum absolute atomic E-state index is 13.7. The molecule has 0 aromatic heterocycles. The van der Waals surface area contributed by atoms with Gasteiger partial charge in [0.05, 0.1) is 19.1 Å². The zero-order valence-corrected chi connectivity index (χ0v) is 21.5. The molecular weight excluding hydrogens is 424 g/mol. The summed E-state index contributed by atoms with van der Waals surface area (Å²) < 4.78 is 11.8. The molecule has 0 bridgehead atoms. The third-order valence-electron chi connectivity index (χ3n) is 6.88. The second-order valence-corrected chi connectivity index (χ2v) is 10.6. The zero-order valence-electron chi connectivity index (χ0n) is 21.5. The fourth-order valence-corrected chi connectivity index (χ4v) is 5.15. The number of nitrogens with zero attached hydrogens (tertiary/aromatic N) is 2. The molecular formula is C29H40N2O3. The maximum atomic E-state index is 13.7. The van der Waals surface area contributed by atoms with Crippen LogP contribution in [0.1, 0.15) is 54.5 Å². The van der Waals surface area contributed by atoms with Crippen molar-refractivity contribution in [3.63, 3.8) is 0 Å². The van der Waals surface area contributed by atoms with Crippen LogP contribution in [-0.2, 0) is 17.9 Å². The zero-order chi connectivity index (χ0) is 24.2. The van der Waals surface area contributed by atoms with Crippen molar-refractivity contribution in [2.24, 2.45) is 11.8 Å². The van der Waals surface area contributed by atoms with E-state index in [1.165, 1.54) is 16.7 Å². The number of likely N-dealkylation sites (tertiary alicyclic amines) is 1. The summed E-state index contributed by atoms with van der Waals surface area (Å²) in [6.07, 6.45) is 1.82. The van der Waals surface area contributed by atoms with Crippen LogP contribution >= 0.6 is 0 Å². The van der Waals surface area contributed by atoms with Gasteiger partial charge < -0.3 is 14.4 Å². The van der Waals surface area contributed by atoms with Gasteiger partial charge in [0.25, 0.3) is 0 Å². The highest BCUT2D eigenvalue weighted by Gasteiger charge is 2.32. The second-order valence-electron chi connectivity index (χ2n) is 10.6. The number of carbonyl (C=O) groups excluding carboxylic acids is 1. The van der Waals surface area contributed by atoms with E-state index in [-0.39, 0.29) is 11.8 Å². The largest absolute Gasteiger partial charge is 0.490 e. The number of hydrogen-bond acceptors (Lipinski definition) is 4. The molecule has 2 aromatic rings. The second kappa shape index (κ2) is 10.8. The Morgan fingerprint density at radius 3 is 2.68 bits per heavy atom.